The fourth-order valence-corrected chi connectivity index (χ4v) is 4.14. The van der Waals surface area contributed by atoms with Crippen molar-refractivity contribution >= 4 is 0 Å². The zero-order chi connectivity index (χ0) is 11.7. The highest BCUT2D eigenvalue weighted by Crippen LogP contribution is 2.30. The smallest absolute Gasteiger partial charge is 0.0221 e. The van der Waals surface area contributed by atoms with E-state index in [4.69, 9.17) is 0 Å². The fourth-order valence-electron chi connectivity index (χ4n) is 4.14. The summed E-state index contributed by atoms with van der Waals surface area (Å²) in [5.41, 5.74) is 0. The molecule has 0 saturated carbocycles. The Bertz CT molecular complexity index is 256. The molecule has 3 aliphatic rings. The summed E-state index contributed by atoms with van der Waals surface area (Å²) in [4.78, 5) is 5.56. The largest absolute Gasteiger partial charge is 0.314 e. The summed E-state index contributed by atoms with van der Waals surface area (Å²) in [6.07, 6.45) is 7.05. The van der Waals surface area contributed by atoms with Gasteiger partial charge in [0.1, 0.15) is 0 Å². The van der Waals surface area contributed by atoms with E-state index in [-0.39, 0.29) is 0 Å². The molecule has 0 amide bonds. The van der Waals surface area contributed by atoms with E-state index in [2.05, 4.69) is 22.0 Å². The SMILES string of the molecule is CCC1CNCCN1C1CCN2CCCC2C1. The third-order valence-electron chi connectivity index (χ3n) is 5.13. The van der Waals surface area contributed by atoms with Gasteiger partial charge in [-0.2, -0.15) is 0 Å². The average molecular weight is 237 g/mol. The topological polar surface area (TPSA) is 18.5 Å². The van der Waals surface area contributed by atoms with Gasteiger partial charge in [-0.25, -0.2) is 0 Å². The Morgan fingerprint density at radius 2 is 2.06 bits per heavy atom. The first-order valence-corrected chi connectivity index (χ1v) is 7.59. The van der Waals surface area contributed by atoms with Crippen molar-refractivity contribution < 1.29 is 0 Å². The van der Waals surface area contributed by atoms with Crippen molar-refractivity contribution in [2.45, 2.75) is 57.2 Å². The quantitative estimate of drug-likeness (QED) is 0.781. The summed E-state index contributed by atoms with van der Waals surface area (Å²) >= 11 is 0. The van der Waals surface area contributed by atoms with Gasteiger partial charge in [-0.1, -0.05) is 6.92 Å². The number of fused-ring (bicyclic) bond motifs is 1. The number of hydrogen-bond donors (Lipinski definition) is 1. The molecule has 17 heavy (non-hydrogen) atoms. The molecule has 3 heteroatoms. The van der Waals surface area contributed by atoms with Crippen LogP contribution in [0.25, 0.3) is 0 Å². The fraction of sp³-hybridized carbons (Fsp3) is 1.00. The third kappa shape index (κ3) is 2.38. The van der Waals surface area contributed by atoms with Crippen molar-refractivity contribution in [2.75, 3.05) is 32.7 Å². The van der Waals surface area contributed by atoms with Gasteiger partial charge in [0, 0.05) is 37.8 Å². The van der Waals surface area contributed by atoms with E-state index >= 15 is 0 Å². The molecule has 0 spiro atoms. The van der Waals surface area contributed by atoms with E-state index < -0.39 is 0 Å². The lowest BCUT2D eigenvalue weighted by atomic mass is 9.94. The van der Waals surface area contributed by atoms with Crippen molar-refractivity contribution in [3.05, 3.63) is 0 Å². The second-order valence-electron chi connectivity index (χ2n) is 6.01. The predicted octanol–water partition coefficient (Wildman–Crippen LogP) is 1.30. The second-order valence-corrected chi connectivity index (χ2v) is 6.01. The average Bonchev–Trinajstić information content (AvgIpc) is 2.85. The number of piperazine rings is 1. The van der Waals surface area contributed by atoms with Crippen LogP contribution in [-0.4, -0.2) is 60.6 Å². The molecule has 3 unspecified atom stereocenters. The molecule has 3 saturated heterocycles. The van der Waals surface area contributed by atoms with Gasteiger partial charge in [-0.3, -0.25) is 4.90 Å². The Balaban J connectivity index is 1.63. The van der Waals surface area contributed by atoms with Crippen LogP contribution in [0.2, 0.25) is 0 Å². The normalized spacial score (nSPS) is 40.4. The second kappa shape index (κ2) is 5.25. The zero-order valence-electron chi connectivity index (χ0n) is 11.2. The summed E-state index contributed by atoms with van der Waals surface area (Å²) in [7, 11) is 0. The monoisotopic (exact) mass is 237 g/mol. The number of hydrogen-bond acceptors (Lipinski definition) is 3. The molecule has 0 aliphatic carbocycles. The van der Waals surface area contributed by atoms with Crippen LogP contribution in [-0.2, 0) is 0 Å². The molecule has 0 aromatic rings. The van der Waals surface area contributed by atoms with E-state index in [1.165, 1.54) is 64.8 Å². The van der Waals surface area contributed by atoms with E-state index in [1.54, 1.807) is 0 Å². The van der Waals surface area contributed by atoms with Crippen LogP contribution >= 0.6 is 0 Å². The number of rotatable bonds is 2. The van der Waals surface area contributed by atoms with Crippen molar-refractivity contribution in [3.8, 4) is 0 Å². The molecule has 1 N–H and O–H groups in total. The Labute approximate surface area is 106 Å². The summed E-state index contributed by atoms with van der Waals surface area (Å²) in [5.74, 6) is 0. The Morgan fingerprint density at radius 1 is 1.12 bits per heavy atom. The van der Waals surface area contributed by atoms with Crippen LogP contribution in [0, 0.1) is 0 Å². The third-order valence-corrected chi connectivity index (χ3v) is 5.13. The van der Waals surface area contributed by atoms with Crippen LogP contribution in [0.3, 0.4) is 0 Å². The molecule has 98 valence electrons. The minimum Gasteiger partial charge on any atom is -0.314 e. The maximum absolute atomic E-state index is 3.55. The van der Waals surface area contributed by atoms with Gasteiger partial charge in [-0.05, 0) is 45.2 Å². The minimum absolute atomic E-state index is 0.793. The highest BCUT2D eigenvalue weighted by molar-refractivity contribution is 4.93. The van der Waals surface area contributed by atoms with Crippen LogP contribution in [0.1, 0.15) is 39.0 Å². The summed E-state index contributed by atoms with van der Waals surface area (Å²) < 4.78 is 0. The Morgan fingerprint density at radius 3 is 2.94 bits per heavy atom. The van der Waals surface area contributed by atoms with Gasteiger partial charge in [0.2, 0.25) is 0 Å². The molecular weight excluding hydrogens is 210 g/mol. The molecule has 3 heterocycles. The van der Waals surface area contributed by atoms with E-state index in [9.17, 15) is 0 Å². The lowest BCUT2D eigenvalue weighted by Crippen LogP contribution is -2.58. The Hall–Kier alpha value is -0.120. The van der Waals surface area contributed by atoms with Gasteiger partial charge in [0.05, 0.1) is 0 Å². The van der Waals surface area contributed by atoms with Gasteiger partial charge in [-0.15, -0.1) is 0 Å². The standard InChI is InChI=1S/C14H27N3/c1-2-12-11-15-6-9-17(12)14-5-8-16-7-3-4-13(16)10-14/h12-15H,2-11H2,1H3. The molecule has 3 nitrogen and oxygen atoms in total. The summed E-state index contributed by atoms with van der Waals surface area (Å²) in [6.45, 7) is 8.75. The predicted molar refractivity (Wildman–Crippen MR) is 71.3 cm³/mol. The summed E-state index contributed by atoms with van der Waals surface area (Å²) in [6, 6.07) is 2.59. The zero-order valence-corrected chi connectivity index (χ0v) is 11.2. The number of nitrogens with one attached hydrogen (secondary N) is 1. The molecule has 0 radical (unpaired) electrons. The van der Waals surface area contributed by atoms with Crippen molar-refractivity contribution in [3.63, 3.8) is 0 Å². The van der Waals surface area contributed by atoms with Crippen molar-refractivity contribution in [1.82, 2.24) is 15.1 Å². The maximum Gasteiger partial charge on any atom is 0.0221 e. The molecular formula is C14H27N3. The highest BCUT2D eigenvalue weighted by atomic mass is 15.3. The van der Waals surface area contributed by atoms with Crippen molar-refractivity contribution in [2.24, 2.45) is 0 Å². The minimum atomic E-state index is 0.793. The molecule has 3 aliphatic heterocycles. The molecule has 0 aromatic carbocycles. The molecule has 3 rings (SSSR count). The molecule has 3 fully saturated rings. The van der Waals surface area contributed by atoms with Crippen LogP contribution < -0.4 is 5.32 Å². The van der Waals surface area contributed by atoms with Crippen LogP contribution in [0.4, 0.5) is 0 Å². The molecule has 3 atom stereocenters. The van der Waals surface area contributed by atoms with E-state index in [0.29, 0.717) is 0 Å². The van der Waals surface area contributed by atoms with Crippen LogP contribution in [0.5, 0.6) is 0 Å². The van der Waals surface area contributed by atoms with Crippen LogP contribution in [0.15, 0.2) is 0 Å². The van der Waals surface area contributed by atoms with Gasteiger partial charge >= 0.3 is 0 Å². The number of piperidine rings is 1. The van der Waals surface area contributed by atoms with E-state index in [0.717, 1.165) is 18.1 Å². The first kappa shape index (κ1) is 11.9. The number of nitrogens with zero attached hydrogens (tertiary/aromatic N) is 2. The van der Waals surface area contributed by atoms with Gasteiger partial charge in [0.25, 0.3) is 0 Å². The van der Waals surface area contributed by atoms with Gasteiger partial charge < -0.3 is 10.2 Å². The first-order chi connectivity index (χ1) is 8.38. The molecule has 0 bridgehead atoms. The molecule has 0 aromatic heterocycles. The highest BCUT2D eigenvalue weighted by Gasteiger charge is 2.36. The van der Waals surface area contributed by atoms with Crippen molar-refractivity contribution in [1.29, 1.82) is 0 Å². The lowest BCUT2D eigenvalue weighted by molar-refractivity contribution is 0.0429. The Kier molecular flexibility index (Phi) is 3.69. The lowest BCUT2D eigenvalue weighted by Gasteiger charge is -2.46. The van der Waals surface area contributed by atoms with E-state index in [1.807, 2.05) is 0 Å². The maximum atomic E-state index is 3.55. The summed E-state index contributed by atoms with van der Waals surface area (Å²) in [5, 5.41) is 3.55. The van der Waals surface area contributed by atoms with Gasteiger partial charge in [0.15, 0.2) is 0 Å². The first-order valence-electron chi connectivity index (χ1n) is 7.59.